The molecule has 0 amide bonds. The molecule has 0 aliphatic heterocycles. The first kappa shape index (κ1) is 17.2. The van der Waals surface area contributed by atoms with Gasteiger partial charge >= 0.3 is 31.2 Å². The lowest BCUT2D eigenvalue weighted by molar-refractivity contribution is -0.428. The van der Waals surface area contributed by atoms with Crippen LogP contribution in [-0.2, 0) is 9.47 Å². The van der Waals surface area contributed by atoms with Crippen molar-refractivity contribution in [3.8, 4) is 0 Å². The molecular weight excluding hydrogens is 294 g/mol. The largest absolute Gasteiger partial charge is 0.421 e. The number of hydrogen-bond acceptors (Lipinski definition) is 2. The van der Waals surface area contributed by atoms with E-state index in [0.717, 1.165) is 0 Å². The fourth-order valence-electron chi connectivity index (χ4n) is 0.516. The third-order valence-corrected chi connectivity index (χ3v) is 1.23. The van der Waals surface area contributed by atoms with Crippen molar-refractivity contribution in [2.75, 3.05) is 6.61 Å². The Morgan fingerprint density at radius 1 is 0.722 bits per heavy atom. The quantitative estimate of drug-likeness (QED) is 0.671. The maximum atomic E-state index is 12.3. The lowest BCUT2D eigenvalue weighted by Gasteiger charge is -2.24. The van der Waals surface area contributed by atoms with Crippen molar-refractivity contribution in [3.05, 3.63) is 0 Å². The van der Waals surface area contributed by atoms with Crippen LogP contribution < -0.4 is 0 Å². The summed E-state index contributed by atoms with van der Waals surface area (Å²) in [5.41, 5.74) is 0. The topological polar surface area (TPSA) is 18.5 Å². The minimum absolute atomic E-state index is 2.24. The van der Waals surface area contributed by atoms with E-state index >= 15 is 0 Å². The van der Waals surface area contributed by atoms with Crippen LogP contribution in [-0.4, -0.2) is 37.8 Å². The first-order valence-corrected chi connectivity index (χ1v) is 3.84. The zero-order valence-corrected chi connectivity index (χ0v) is 7.96. The summed E-state index contributed by atoms with van der Waals surface area (Å²) in [5, 5.41) is 0. The predicted molar refractivity (Wildman–Crippen MR) is 33.9 cm³/mol. The van der Waals surface area contributed by atoms with Crippen molar-refractivity contribution < 1.29 is 53.4 Å². The van der Waals surface area contributed by atoms with E-state index in [9.17, 15) is 43.9 Å². The molecule has 0 saturated heterocycles. The van der Waals surface area contributed by atoms with Crippen LogP contribution in [0.4, 0.5) is 43.9 Å². The molecule has 0 aliphatic rings. The van der Waals surface area contributed by atoms with E-state index in [1.807, 2.05) is 0 Å². The van der Waals surface area contributed by atoms with Crippen LogP contribution in [0.3, 0.4) is 0 Å². The highest BCUT2D eigenvalue weighted by atomic mass is 19.3. The highest BCUT2D eigenvalue weighted by molar-refractivity contribution is 4.63. The van der Waals surface area contributed by atoms with Gasteiger partial charge in [-0.2, -0.15) is 26.3 Å². The Balaban J connectivity index is 4.50. The second-order valence-corrected chi connectivity index (χ2v) is 2.75. The minimum Gasteiger partial charge on any atom is -0.307 e. The molecule has 0 aromatic rings. The van der Waals surface area contributed by atoms with Crippen molar-refractivity contribution in [1.29, 1.82) is 0 Å². The van der Waals surface area contributed by atoms with Crippen molar-refractivity contribution in [2.45, 2.75) is 31.2 Å². The van der Waals surface area contributed by atoms with Gasteiger partial charge in [0, 0.05) is 0 Å². The maximum Gasteiger partial charge on any atom is 0.421 e. The molecule has 0 aliphatic carbocycles. The molecule has 0 saturated carbocycles. The van der Waals surface area contributed by atoms with Crippen molar-refractivity contribution in [1.82, 2.24) is 0 Å². The van der Waals surface area contributed by atoms with Crippen molar-refractivity contribution >= 4 is 0 Å². The summed E-state index contributed by atoms with van der Waals surface area (Å²) in [4.78, 5) is 0. The molecule has 110 valence electrons. The fourth-order valence-corrected chi connectivity index (χ4v) is 0.516. The third-order valence-electron chi connectivity index (χ3n) is 1.23. The molecule has 0 heterocycles. The molecule has 0 unspecified atom stereocenters. The molecule has 0 atom stereocenters. The van der Waals surface area contributed by atoms with Crippen molar-refractivity contribution in [2.24, 2.45) is 0 Å². The summed E-state index contributed by atoms with van der Waals surface area (Å²) in [6, 6.07) is 0. The lowest BCUT2D eigenvalue weighted by Crippen LogP contribution is -2.43. The van der Waals surface area contributed by atoms with Gasteiger partial charge in [-0.15, -0.1) is 0 Å². The molecule has 0 rings (SSSR count). The summed E-state index contributed by atoms with van der Waals surface area (Å²) < 4.78 is 123. The molecule has 0 radical (unpaired) electrons. The van der Waals surface area contributed by atoms with Gasteiger partial charge in [0.15, 0.2) is 0 Å². The van der Waals surface area contributed by atoms with E-state index in [4.69, 9.17) is 0 Å². The fraction of sp³-hybridized carbons (Fsp3) is 1.00. The van der Waals surface area contributed by atoms with Gasteiger partial charge in [0.05, 0.1) is 0 Å². The molecule has 2 nitrogen and oxygen atoms in total. The number of hydrogen-bond donors (Lipinski definition) is 0. The van der Waals surface area contributed by atoms with Crippen LogP contribution in [0.2, 0.25) is 0 Å². The van der Waals surface area contributed by atoms with Crippen LogP contribution in [0.5, 0.6) is 0 Å². The zero-order chi connectivity index (χ0) is 14.8. The Morgan fingerprint density at radius 3 is 1.44 bits per heavy atom. The molecule has 0 spiro atoms. The molecule has 0 bridgehead atoms. The lowest BCUT2D eigenvalue weighted by atomic mass is 10.6. The Kier molecular flexibility index (Phi) is 5.23. The summed E-state index contributed by atoms with van der Waals surface area (Å²) >= 11 is 0. The van der Waals surface area contributed by atoms with Gasteiger partial charge in [-0.1, -0.05) is 0 Å². The van der Waals surface area contributed by atoms with Gasteiger partial charge in [0.1, 0.15) is 6.61 Å². The Bertz CT molecular complexity index is 265. The van der Waals surface area contributed by atoms with Crippen LogP contribution in [0, 0.1) is 0 Å². The highest BCUT2D eigenvalue weighted by Crippen LogP contribution is 2.34. The monoisotopic (exact) mass is 298 g/mol. The molecule has 18 heavy (non-hydrogen) atoms. The van der Waals surface area contributed by atoms with Crippen LogP contribution >= 0.6 is 0 Å². The SMILES string of the molecule is FC(F)C(F)(F)OCC(F)(F)OC(F)(F)C(F)F. The Hall–Kier alpha value is -0.780. The molecule has 0 aromatic carbocycles. The summed E-state index contributed by atoms with van der Waals surface area (Å²) in [5.74, 6) is 0. The number of ether oxygens (including phenoxy) is 2. The number of halogens is 10. The van der Waals surface area contributed by atoms with E-state index in [0.29, 0.717) is 0 Å². The van der Waals surface area contributed by atoms with Crippen molar-refractivity contribution in [3.63, 3.8) is 0 Å². The first-order chi connectivity index (χ1) is 7.80. The standard InChI is InChI=1S/C6H4F10O2/c7-2(8)5(13,14)17-1-4(11,12)18-6(15,16)3(9)10/h2-3H,1H2. The van der Waals surface area contributed by atoms with Gasteiger partial charge in [-0.3, -0.25) is 0 Å². The normalized spacial score (nSPS) is 14.7. The molecule has 0 N–H and O–H groups in total. The van der Waals surface area contributed by atoms with Gasteiger partial charge < -0.3 is 4.74 Å². The molecule has 0 aromatic heterocycles. The summed E-state index contributed by atoms with van der Waals surface area (Å²) in [6.07, 6.45) is -25.5. The van der Waals surface area contributed by atoms with Crippen LogP contribution in [0.1, 0.15) is 0 Å². The van der Waals surface area contributed by atoms with E-state index in [-0.39, 0.29) is 0 Å². The van der Waals surface area contributed by atoms with E-state index in [1.165, 1.54) is 0 Å². The predicted octanol–water partition coefficient (Wildman–Crippen LogP) is 3.33. The number of rotatable bonds is 7. The van der Waals surface area contributed by atoms with Gasteiger partial charge in [0.2, 0.25) is 0 Å². The maximum absolute atomic E-state index is 12.3. The van der Waals surface area contributed by atoms with E-state index in [1.54, 1.807) is 0 Å². The van der Waals surface area contributed by atoms with Crippen LogP contribution in [0.15, 0.2) is 0 Å². The third kappa shape index (κ3) is 5.25. The molecular formula is C6H4F10O2. The second kappa shape index (κ2) is 5.47. The first-order valence-electron chi connectivity index (χ1n) is 3.84. The van der Waals surface area contributed by atoms with Crippen LogP contribution in [0.25, 0.3) is 0 Å². The average Bonchev–Trinajstić information content (AvgIpc) is 2.13. The summed E-state index contributed by atoms with van der Waals surface area (Å²) in [7, 11) is 0. The highest BCUT2D eigenvalue weighted by Gasteiger charge is 2.53. The zero-order valence-electron chi connectivity index (χ0n) is 7.96. The molecule has 0 fully saturated rings. The Morgan fingerprint density at radius 2 is 1.11 bits per heavy atom. The molecule has 12 heteroatoms. The van der Waals surface area contributed by atoms with Gasteiger partial charge in [-0.05, 0) is 0 Å². The van der Waals surface area contributed by atoms with Gasteiger partial charge in [-0.25, -0.2) is 22.3 Å². The minimum atomic E-state index is -5.65. The Labute approximate surface area is 92.4 Å². The number of alkyl halides is 10. The van der Waals surface area contributed by atoms with Gasteiger partial charge in [0.25, 0.3) is 0 Å². The average molecular weight is 298 g/mol. The summed E-state index contributed by atoms with van der Waals surface area (Å²) in [6.45, 7) is -2.76. The van der Waals surface area contributed by atoms with E-state index in [2.05, 4.69) is 9.47 Å². The smallest absolute Gasteiger partial charge is 0.307 e. The van der Waals surface area contributed by atoms with E-state index < -0.39 is 37.8 Å². The second-order valence-electron chi connectivity index (χ2n) is 2.75.